The van der Waals surface area contributed by atoms with Crippen LogP contribution in [0.25, 0.3) is 22.3 Å². The minimum atomic E-state index is -4.32. The zero-order chi connectivity index (χ0) is 16.4. The molecule has 0 aliphatic carbocycles. The van der Waals surface area contributed by atoms with Crippen molar-refractivity contribution < 1.29 is 13.0 Å². The summed E-state index contributed by atoms with van der Waals surface area (Å²) in [6.07, 6.45) is 0. The van der Waals surface area contributed by atoms with E-state index in [9.17, 15) is 13.0 Å². The van der Waals surface area contributed by atoms with Crippen molar-refractivity contribution in [1.29, 1.82) is 0 Å². The van der Waals surface area contributed by atoms with Crippen LogP contribution < -0.4 is 0 Å². The second-order valence-corrected chi connectivity index (χ2v) is 6.79. The van der Waals surface area contributed by atoms with E-state index in [4.69, 9.17) is 11.6 Å². The van der Waals surface area contributed by atoms with E-state index in [0.29, 0.717) is 16.1 Å². The van der Waals surface area contributed by atoms with Gasteiger partial charge in [0.05, 0.1) is 0 Å². The van der Waals surface area contributed by atoms with Crippen molar-refractivity contribution >= 4 is 21.7 Å². The summed E-state index contributed by atoms with van der Waals surface area (Å²) in [5.41, 5.74) is 2.73. The van der Waals surface area contributed by atoms with Gasteiger partial charge in [0.2, 0.25) is 0 Å². The predicted octanol–water partition coefficient (Wildman–Crippen LogP) is 4.92. The van der Waals surface area contributed by atoms with Gasteiger partial charge in [-0.25, -0.2) is 0 Å². The van der Waals surface area contributed by atoms with Crippen molar-refractivity contribution in [2.45, 2.75) is 4.90 Å². The Morgan fingerprint density at radius 3 is 1.65 bits per heavy atom. The Kier molecular flexibility index (Phi) is 4.22. The Labute approximate surface area is 139 Å². The van der Waals surface area contributed by atoms with Crippen LogP contribution in [0.5, 0.6) is 0 Å². The number of halogens is 1. The third-order valence-corrected chi connectivity index (χ3v) is 4.79. The lowest BCUT2D eigenvalue weighted by molar-refractivity contribution is 0.483. The third kappa shape index (κ3) is 3.15. The number of hydrogen-bond acceptors (Lipinski definition) is 2. The quantitative estimate of drug-likeness (QED) is 0.686. The van der Waals surface area contributed by atoms with Gasteiger partial charge in [-0.05, 0) is 23.3 Å². The average Bonchev–Trinajstić information content (AvgIpc) is 2.55. The van der Waals surface area contributed by atoms with Gasteiger partial charge >= 0.3 is 0 Å². The first-order chi connectivity index (χ1) is 11.0. The highest BCUT2D eigenvalue weighted by atomic mass is 35.5. The van der Waals surface area contributed by atoms with Crippen LogP contribution in [0.4, 0.5) is 0 Å². The highest BCUT2D eigenvalue weighted by Gasteiger charge is 2.18. The van der Waals surface area contributed by atoms with Crippen LogP contribution in [-0.2, 0) is 10.1 Å². The van der Waals surface area contributed by atoms with E-state index in [2.05, 4.69) is 0 Å². The molecule has 0 unspecified atom stereocenters. The molecule has 23 heavy (non-hydrogen) atoms. The molecule has 0 fully saturated rings. The molecular weight excluding hydrogens is 332 g/mol. The lowest BCUT2D eigenvalue weighted by atomic mass is 9.94. The van der Waals surface area contributed by atoms with Crippen molar-refractivity contribution in [3.63, 3.8) is 0 Å². The maximum absolute atomic E-state index is 11.7. The highest BCUT2D eigenvalue weighted by Crippen LogP contribution is 2.38. The van der Waals surface area contributed by atoms with Crippen LogP contribution in [0, 0.1) is 0 Å². The lowest BCUT2D eigenvalue weighted by Gasteiger charge is -2.13. The summed E-state index contributed by atoms with van der Waals surface area (Å²) < 4.78 is 32.8. The molecule has 116 valence electrons. The van der Waals surface area contributed by atoms with Gasteiger partial charge in [0.25, 0.3) is 10.1 Å². The molecule has 0 aromatic heterocycles. The number of rotatable bonds is 3. The van der Waals surface area contributed by atoms with E-state index in [1.165, 1.54) is 6.07 Å². The molecule has 0 spiro atoms. The van der Waals surface area contributed by atoms with Gasteiger partial charge in [-0.1, -0.05) is 72.3 Å². The van der Waals surface area contributed by atoms with E-state index >= 15 is 0 Å². The molecule has 3 aromatic rings. The number of hydrogen-bond donors (Lipinski definition) is 1. The topological polar surface area (TPSA) is 54.4 Å². The minimum Gasteiger partial charge on any atom is -0.282 e. The van der Waals surface area contributed by atoms with Crippen molar-refractivity contribution in [1.82, 2.24) is 0 Å². The van der Waals surface area contributed by atoms with Gasteiger partial charge in [-0.3, -0.25) is 4.55 Å². The summed E-state index contributed by atoms with van der Waals surface area (Å²) in [7, 11) is -4.32. The molecule has 0 bridgehead atoms. The molecule has 1 N–H and O–H groups in total. The first-order valence-electron chi connectivity index (χ1n) is 6.89. The smallest absolute Gasteiger partial charge is 0.282 e. The molecule has 0 saturated carbocycles. The Bertz CT molecular complexity index is 965. The average molecular weight is 345 g/mol. The van der Waals surface area contributed by atoms with Gasteiger partial charge in [0, 0.05) is 16.1 Å². The fourth-order valence-electron chi connectivity index (χ4n) is 2.55. The fourth-order valence-corrected chi connectivity index (χ4v) is 3.49. The molecule has 0 amide bonds. The Morgan fingerprint density at radius 2 is 1.09 bits per heavy atom. The van der Waals surface area contributed by atoms with Gasteiger partial charge in [-0.2, -0.15) is 8.42 Å². The van der Waals surface area contributed by atoms with Gasteiger partial charge in [0.1, 0.15) is 4.90 Å². The molecule has 0 saturated heterocycles. The summed E-state index contributed by atoms with van der Waals surface area (Å²) in [6.45, 7) is 0. The Hall–Kier alpha value is -2.14. The predicted molar refractivity (Wildman–Crippen MR) is 92.1 cm³/mol. The zero-order valence-electron chi connectivity index (χ0n) is 12.0. The zero-order valence-corrected chi connectivity index (χ0v) is 13.6. The van der Waals surface area contributed by atoms with Crippen molar-refractivity contribution in [2.24, 2.45) is 0 Å². The van der Waals surface area contributed by atoms with Crippen LogP contribution in [0.15, 0.2) is 77.7 Å². The summed E-state index contributed by atoms with van der Waals surface area (Å²) in [4.78, 5) is -0.125. The molecule has 0 radical (unpaired) electrons. The first-order valence-corrected chi connectivity index (χ1v) is 8.71. The van der Waals surface area contributed by atoms with Gasteiger partial charge in [0.15, 0.2) is 0 Å². The Morgan fingerprint density at radius 1 is 0.652 bits per heavy atom. The van der Waals surface area contributed by atoms with E-state index in [-0.39, 0.29) is 4.90 Å². The molecule has 3 rings (SSSR count). The molecule has 3 nitrogen and oxygen atoms in total. The highest BCUT2D eigenvalue weighted by molar-refractivity contribution is 7.86. The van der Waals surface area contributed by atoms with Crippen LogP contribution in [0.3, 0.4) is 0 Å². The second-order valence-electron chi connectivity index (χ2n) is 5.00. The summed E-state index contributed by atoms with van der Waals surface area (Å²) in [6, 6.07) is 21.1. The van der Waals surface area contributed by atoms with E-state index < -0.39 is 10.1 Å². The summed E-state index contributed by atoms with van der Waals surface area (Å²) in [5, 5.41) is 0.573. The minimum absolute atomic E-state index is 0.125. The number of benzene rings is 3. The van der Waals surface area contributed by atoms with Crippen molar-refractivity contribution in [3.8, 4) is 22.3 Å². The normalized spacial score (nSPS) is 11.4. The van der Waals surface area contributed by atoms with Crippen LogP contribution >= 0.6 is 11.6 Å². The SMILES string of the molecule is O=S(=O)(O)c1ccccc1-c1ccccc1-c1ccccc1Cl. The Balaban J connectivity index is 2.31. The van der Waals surface area contributed by atoms with E-state index in [1.54, 1.807) is 24.3 Å². The molecule has 0 aliphatic rings. The maximum Gasteiger partial charge on any atom is 0.295 e. The van der Waals surface area contributed by atoms with Crippen molar-refractivity contribution in [2.75, 3.05) is 0 Å². The van der Waals surface area contributed by atoms with Gasteiger partial charge < -0.3 is 0 Å². The molecular formula is C18H13ClO3S. The third-order valence-electron chi connectivity index (χ3n) is 3.55. The van der Waals surface area contributed by atoms with Crippen LogP contribution in [-0.4, -0.2) is 13.0 Å². The largest absolute Gasteiger partial charge is 0.295 e. The van der Waals surface area contributed by atoms with Crippen LogP contribution in [0.1, 0.15) is 0 Å². The van der Waals surface area contributed by atoms with Gasteiger partial charge in [-0.15, -0.1) is 0 Å². The monoisotopic (exact) mass is 344 g/mol. The standard InChI is InChI=1S/C18H13ClO3S/c19-17-11-5-3-9-15(17)13-7-1-2-8-14(13)16-10-4-6-12-18(16)23(20,21)22/h1-12H,(H,20,21,22). The van der Waals surface area contributed by atoms with E-state index in [0.717, 1.165) is 11.1 Å². The van der Waals surface area contributed by atoms with E-state index in [1.807, 2.05) is 42.5 Å². The molecule has 0 heterocycles. The van der Waals surface area contributed by atoms with Crippen LogP contribution in [0.2, 0.25) is 5.02 Å². The molecule has 0 aliphatic heterocycles. The molecule has 3 aromatic carbocycles. The lowest BCUT2D eigenvalue weighted by Crippen LogP contribution is -2.01. The fraction of sp³-hybridized carbons (Fsp3) is 0. The maximum atomic E-state index is 11.7. The van der Waals surface area contributed by atoms with Crippen molar-refractivity contribution in [3.05, 3.63) is 77.8 Å². The summed E-state index contributed by atoms with van der Waals surface area (Å²) >= 11 is 6.28. The first kappa shape index (κ1) is 15.7. The second kappa shape index (κ2) is 6.16. The summed E-state index contributed by atoms with van der Waals surface area (Å²) in [5.74, 6) is 0. The molecule has 5 heteroatoms. The molecule has 0 atom stereocenters.